The number of carbonyl (C=O) groups is 1. The Balaban J connectivity index is 1.74. The third-order valence-electron chi connectivity index (χ3n) is 4.30. The van der Waals surface area contributed by atoms with Crippen molar-refractivity contribution in [3.63, 3.8) is 0 Å². The number of amides is 1. The van der Waals surface area contributed by atoms with E-state index in [0.29, 0.717) is 11.6 Å². The maximum absolute atomic E-state index is 12.5. The van der Waals surface area contributed by atoms with Gasteiger partial charge in [0.05, 0.1) is 0 Å². The number of aromatic nitrogens is 2. The molecule has 1 heterocycles. The first-order chi connectivity index (χ1) is 11.6. The average Bonchev–Trinajstić information content (AvgIpc) is 2.55. The standard InChI is InChI=1S/C19H24N4O/c1-13-7-6-10-16(11-13)22-19-20-14(2)12-17(23-19)18(24)21-15-8-4-3-5-9-15/h6-7,10-12,15H,3-5,8-9H2,1-2H3,(H,21,24)(H,20,22,23). The third kappa shape index (κ3) is 4.31. The fraction of sp³-hybridized carbons (Fsp3) is 0.421. The van der Waals surface area contributed by atoms with Gasteiger partial charge in [-0.05, 0) is 50.5 Å². The van der Waals surface area contributed by atoms with Gasteiger partial charge in [-0.15, -0.1) is 0 Å². The van der Waals surface area contributed by atoms with E-state index in [4.69, 9.17) is 0 Å². The lowest BCUT2D eigenvalue weighted by Crippen LogP contribution is -2.36. The molecule has 0 spiro atoms. The SMILES string of the molecule is Cc1cccc(Nc2nc(C)cc(C(=O)NC3CCCCC3)n2)c1. The second kappa shape index (κ2) is 7.43. The van der Waals surface area contributed by atoms with E-state index in [-0.39, 0.29) is 11.9 Å². The molecule has 0 saturated heterocycles. The summed E-state index contributed by atoms with van der Waals surface area (Å²) in [5.41, 5.74) is 3.26. The zero-order valence-electron chi connectivity index (χ0n) is 14.3. The summed E-state index contributed by atoms with van der Waals surface area (Å²) in [6.07, 6.45) is 5.76. The van der Waals surface area contributed by atoms with Crippen LogP contribution >= 0.6 is 0 Å². The van der Waals surface area contributed by atoms with Gasteiger partial charge in [-0.2, -0.15) is 0 Å². The second-order valence-electron chi connectivity index (χ2n) is 6.52. The smallest absolute Gasteiger partial charge is 0.270 e. The second-order valence-corrected chi connectivity index (χ2v) is 6.52. The number of hydrogen-bond donors (Lipinski definition) is 2. The van der Waals surface area contributed by atoms with Crippen LogP contribution < -0.4 is 10.6 Å². The molecule has 5 heteroatoms. The van der Waals surface area contributed by atoms with E-state index in [0.717, 1.165) is 29.8 Å². The molecule has 1 aromatic heterocycles. The summed E-state index contributed by atoms with van der Waals surface area (Å²) in [6.45, 7) is 3.91. The van der Waals surface area contributed by atoms with Crippen LogP contribution in [0.4, 0.5) is 11.6 Å². The topological polar surface area (TPSA) is 66.9 Å². The highest BCUT2D eigenvalue weighted by molar-refractivity contribution is 5.92. The lowest BCUT2D eigenvalue weighted by molar-refractivity contribution is 0.0922. The van der Waals surface area contributed by atoms with Crippen molar-refractivity contribution in [1.82, 2.24) is 15.3 Å². The molecule has 0 radical (unpaired) electrons. The van der Waals surface area contributed by atoms with Gasteiger partial charge >= 0.3 is 0 Å². The molecule has 2 N–H and O–H groups in total. The fourth-order valence-corrected chi connectivity index (χ4v) is 3.10. The Bertz CT molecular complexity index is 723. The summed E-state index contributed by atoms with van der Waals surface area (Å²) in [5.74, 6) is 0.342. The lowest BCUT2D eigenvalue weighted by Gasteiger charge is -2.22. The van der Waals surface area contributed by atoms with Crippen LogP contribution in [0.25, 0.3) is 0 Å². The van der Waals surface area contributed by atoms with Crippen LogP contribution in [-0.2, 0) is 0 Å². The number of nitrogens with one attached hydrogen (secondary N) is 2. The van der Waals surface area contributed by atoms with Crippen LogP contribution in [0.5, 0.6) is 0 Å². The number of hydrogen-bond acceptors (Lipinski definition) is 4. The van der Waals surface area contributed by atoms with Crippen LogP contribution in [-0.4, -0.2) is 21.9 Å². The Hall–Kier alpha value is -2.43. The monoisotopic (exact) mass is 324 g/mol. The molecule has 24 heavy (non-hydrogen) atoms. The normalized spacial score (nSPS) is 15.1. The molecule has 1 aliphatic carbocycles. The van der Waals surface area contributed by atoms with Gasteiger partial charge in [-0.1, -0.05) is 31.4 Å². The van der Waals surface area contributed by atoms with Crippen LogP contribution in [0.1, 0.15) is 53.8 Å². The summed E-state index contributed by atoms with van der Waals surface area (Å²) in [4.78, 5) is 21.3. The highest BCUT2D eigenvalue weighted by atomic mass is 16.1. The fourth-order valence-electron chi connectivity index (χ4n) is 3.10. The molecule has 1 saturated carbocycles. The number of benzene rings is 1. The van der Waals surface area contributed by atoms with E-state index < -0.39 is 0 Å². The molecule has 1 fully saturated rings. The number of anilines is 2. The highest BCUT2D eigenvalue weighted by Gasteiger charge is 2.18. The first-order valence-electron chi connectivity index (χ1n) is 8.60. The lowest BCUT2D eigenvalue weighted by atomic mass is 9.95. The van der Waals surface area contributed by atoms with E-state index in [1.54, 1.807) is 6.07 Å². The molecule has 1 amide bonds. The molecule has 1 aliphatic rings. The third-order valence-corrected chi connectivity index (χ3v) is 4.30. The van der Waals surface area contributed by atoms with Crippen LogP contribution in [0.3, 0.4) is 0 Å². The van der Waals surface area contributed by atoms with Gasteiger partial charge in [0.2, 0.25) is 5.95 Å². The number of carbonyl (C=O) groups excluding carboxylic acids is 1. The first-order valence-corrected chi connectivity index (χ1v) is 8.60. The van der Waals surface area contributed by atoms with Crippen molar-refractivity contribution in [3.8, 4) is 0 Å². The number of aryl methyl sites for hydroxylation is 2. The number of nitrogens with zero attached hydrogens (tertiary/aromatic N) is 2. The zero-order valence-corrected chi connectivity index (χ0v) is 14.3. The minimum absolute atomic E-state index is 0.111. The van der Waals surface area contributed by atoms with Crippen molar-refractivity contribution in [2.45, 2.75) is 52.0 Å². The van der Waals surface area contributed by atoms with Gasteiger partial charge in [0, 0.05) is 17.4 Å². The summed E-state index contributed by atoms with van der Waals surface area (Å²) >= 11 is 0. The average molecular weight is 324 g/mol. The molecule has 0 bridgehead atoms. The maximum Gasteiger partial charge on any atom is 0.270 e. The summed E-state index contributed by atoms with van der Waals surface area (Å²) in [7, 11) is 0. The molecule has 0 atom stereocenters. The van der Waals surface area contributed by atoms with Gasteiger partial charge in [0.25, 0.3) is 5.91 Å². The van der Waals surface area contributed by atoms with Gasteiger partial charge in [0.1, 0.15) is 5.69 Å². The molecule has 5 nitrogen and oxygen atoms in total. The molecule has 0 aliphatic heterocycles. The van der Waals surface area contributed by atoms with Crippen molar-refractivity contribution in [2.24, 2.45) is 0 Å². The molecular formula is C19H24N4O. The van der Waals surface area contributed by atoms with Crippen LogP contribution in [0.15, 0.2) is 30.3 Å². The van der Waals surface area contributed by atoms with Crippen LogP contribution in [0.2, 0.25) is 0 Å². The van der Waals surface area contributed by atoms with Crippen molar-refractivity contribution in [2.75, 3.05) is 5.32 Å². The summed E-state index contributed by atoms with van der Waals surface area (Å²) < 4.78 is 0. The van der Waals surface area contributed by atoms with E-state index in [9.17, 15) is 4.79 Å². The molecule has 1 aromatic carbocycles. The predicted molar refractivity (Wildman–Crippen MR) is 95.6 cm³/mol. The Kier molecular flexibility index (Phi) is 5.08. The van der Waals surface area contributed by atoms with Gasteiger partial charge in [0.15, 0.2) is 0 Å². The summed E-state index contributed by atoms with van der Waals surface area (Å²) in [6, 6.07) is 10.00. The van der Waals surface area contributed by atoms with Gasteiger partial charge in [-0.3, -0.25) is 4.79 Å². The minimum Gasteiger partial charge on any atom is -0.348 e. The molecule has 0 unspecified atom stereocenters. The highest BCUT2D eigenvalue weighted by Crippen LogP contribution is 2.18. The van der Waals surface area contributed by atoms with E-state index in [2.05, 4.69) is 20.6 Å². The Morgan fingerprint density at radius 3 is 2.62 bits per heavy atom. The van der Waals surface area contributed by atoms with Gasteiger partial charge < -0.3 is 10.6 Å². The van der Waals surface area contributed by atoms with Gasteiger partial charge in [-0.25, -0.2) is 9.97 Å². The molecule has 2 aromatic rings. The molecule has 126 valence electrons. The first kappa shape index (κ1) is 16.4. The predicted octanol–water partition coefficient (Wildman–Crippen LogP) is 3.90. The minimum atomic E-state index is -0.111. The van der Waals surface area contributed by atoms with Crippen LogP contribution in [0, 0.1) is 13.8 Å². The Labute approximate surface area is 142 Å². The quantitative estimate of drug-likeness (QED) is 0.895. The van der Waals surface area contributed by atoms with Crippen molar-refractivity contribution in [1.29, 1.82) is 0 Å². The summed E-state index contributed by atoms with van der Waals surface area (Å²) in [5, 5.41) is 6.29. The van der Waals surface area contributed by atoms with E-state index in [1.807, 2.05) is 38.1 Å². The number of rotatable bonds is 4. The van der Waals surface area contributed by atoms with E-state index >= 15 is 0 Å². The van der Waals surface area contributed by atoms with Crippen molar-refractivity contribution < 1.29 is 4.79 Å². The largest absolute Gasteiger partial charge is 0.348 e. The van der Waals surface area contributed by atoms with E-state index in [1.165, 1.54) is 19.3 Å². The maximum atomic E-state index is 12.5. The Morgan fingerprint density at radius 2 is 1.88 bits per heavy atom. The molecule has 3 rings (SSSR count). The van der Waals surface area contributed by atoms with Crippen molar-refractivity contribution in [3.05, 3.63) is 47.3 Å². The molecular weight excluding hydrogens is 300 g/mol. The van der Waals surface area contributed by atoms with Crippen molar-refractivity contribution >= 4 is 17.5 Å². The Morgan fingerprint density at radius 1 is 1.08 bits per heavy atom. The zero-order chi connectivity index (χ0) is 16.9.